The number of furan rings is 2. The second-order valence-electron chi connectivity index (χ2n) is 13.7. The number of hydrogen-bond acceptors (Lipinski definition) is 2. The molecule has 12 aromatic rings. The van der Waals surface area contributed by atoms with Crippen LogP contribution >= 0.6 is 0 Å². The van der Waals surface area contributed by atoms with Gasteiger partial charge in [0, 0.05) is 54.5 Å². The third kappa shape index (κ3) is 3.81. The van der Waals surface area contributed by atoms with Crippen molar-refractivity contribution in [3.05, 3.63) is 170 Å². The number of hydrogen-bond donors (Lipinski definition) is 0. The summed E-state index contributed by atoms with van der Waals surface area (Å²) in [4.78, 5) is 0. The van der Waals surface area contributed by atoms with Crippen LogP contribution in [0.25, 0.3) is 110 Å². The average molecular weight is 665 g/mol. The van der Waals surface area contributed by atoms with E-state index < -0.39 is 0 Å². The van der Waals surface area contributed by atoms with E-state index >= 15 is 0 Å². The largest absolute Gasteiger partial charge is 0.456 e. The summed E-state index contributed by atoms with van der Waals surface area (Å²) in [6.45, 7) is 0. The molecule has 4 heteroatoms. The molecule has 0 aliphatic heterocycles. The van der Waals surface area contributed by atoms with E-state index in [0.29, 0.717) is 0 Å². The van der Waals surface area contributed by atoms with Gasteiger partial charge in [0.15, 0.2) is 0 Å². The minimum Gasteiger partial charge on any atom is -0.456 e. The maximum atomic E-state index is 6.44. The van der Waals surface area contributed by atoms with E-state index in [2.05, 4.69) is 167 Å². The van der Waals surface area contributed by atoms with E-state index in [1.165, 1.54) is 49.2 Å². The minimum absolute atomic E-state index is 0.878. The molecule has 0 amide bonds. The lowest BCUT2D eigenvalue weighted by molar-refractivity contribution is 0.668. The van der Waals surface area contributed by atoms with Crippen LogP contribution in [0.5, 0.6) is 0 Å². The van der Waals surface area contributed by atoms with Crippen LogP contribution in [0, 0.1) is 0 Å². The molecule has 0 aliphatic rings. The van der Waals surface area contributed by atoms with E-state index in [9.17, 15) is 0 Å². The van der Waals surface area contributed by atoms with Crippen LogP contribution in [-0.4, -0.2) is 9.13 Å². The number of benzene rings is 8. The zero-order valence-corrected chi connectivity index (χ0v) is 27.9. The highest BCUT2D eigenvalue weighted by atomic mass is 16.3. The smallest absolute Gasteiger partial charge is 0.135 e. The highest BCUT2D eigenvalue weighted by molar-refractivity contribution is 6.13. The van der Waals surface area contributed by atoms with Gasteiger partial charge in [-0.1, -0.05) is 84.9 Å². The Morgan fingerprint density at radius 1 is 0.269 bits per heavy atom. The fraction of sp³-hybridized carbons (Fsp3) is 0. The number of fused-ring (bicyclic) bond motifs is 12. The van der Waals surface area contributed by atoms with Crippen LogP contribution in [0.1, 0.15) is 0 Å². The molecular formula is C48H28N2O2. The van der Waals surface area contributed by atoms with Crippen molar-refractivity contribution in [2.24, 2.45) is 0 Å². The summed E-state index contributed by atoms with van der Waals surface area (Å²) in [5.41, 5.74) is 12.9. The van der Waals surface area contributed by atoms with Gasteiger partial charge < -0.3 is 18.0 Å². The molecule has 0 saturated carbocycles. The minimum atomic E-state index is 0.878. The highest BCUT2D eigenvalue weighted by Gasteiger charge is 2.18. The van der Waals surface area contributed by atoms with Crippen molar-refractivity contribution in [1.82, 2.24) is 9.13 Å². The van der Waals surface area contributed by atoms with Gasteiger partial charge in [-0.3, -0.25) is 0 Å². The van der Waals surface area contributed by atoms with Crippen molar-refractivity contribution in [2.75, 3.05) is 0 Å². The van der Waals surface area contributed by atoms with Crippen LogP contribution in [0.15, 0.2) is 179 Å². The summed E-state index contributed by atoms with van der Waals surface area (Å²) >= 11 is 0. The van der Waals surface area contributed by atoms with E-state index in [4.69, 9.17) is 8.83 Å². The van der Waals surface area contributed by atoms with Gasteiger partial charge in [0.05, 0.1) is 22.1 Å². The standard InChI is InChI=1S/C48H28N2O2/c1-5-13-41-33(9-1)34-10-2-6-14-42(34)49(41)31-19-23-47-39(27-31)40-28-32(20-24-48(40)52-47)50-43-15-7-3-11-35(43)37-25-29(17-21-44(37)50)30-18-22-46-38(26-30)36-12-4-8-16-45(36)51-46/h1-28H. The SMILES string of the molecule is c1ccc2c(c1)oc1ccc(-c3ccc4c(c3)c3ccccc3n4-c3ccc4oc5ccc(-n6c7ccccc7c7ccccc76)cc5c4c3)cc12. The number of nitrogens with zero attached hydrogens (tertiary/aromatic N) is 2. The first-order valence-electron chi connectivity index (χ1n) is 17.7. The third-order valence-electron chi connectivity index (χ3n) is 10.9. The van der Waals surface area contributed by atoms with E-state index in [1.54, 1.807) is 0 Å². The summed E-state index contributed by atoms with van der Waals surface area (Å²) in [6.07, 6.45) is 0. The molecule has 0 radical (unpaired) electrons. The normalized spacial score (nSPS) is 12.2. The Hall–Kier alpha value is -7.04. The molecule has 0 saturated heterocycles. The van der Waals surface area contributed by atoms with E-state index in [1.807, 2.05) is 12.1 Å². The molecule has 0 aliphatic carbocycles. The van der Waals surface area contributed by atoms with E-state index in [0.717, 1.165) is 60.8 Å². The van der Waals surface area contributed by atoms with Gasteiger partial charge in [-0.25, -0.2) is 0 Å². The number of para-hydroxylation sites is 4. The second kappa shape index (κ2) is 10.3. The van der Waals surface area contributed by atoms with Gasteiger partial charge in [0.25, 0.3) is 0 Å². The molecule has 242 valence electrons. The Balaban J connectivity index is 1.04. The van der Waals surface area contributed by atoms with Crippen LogP contribution in [0.2, 0.25) is 0 Å². The number of aromatic nitrogens is 2. The molecule has 4 heterocycles. The maximum absolute atomic E-state index is 6.44. The van der Waals surface area contributed by atoms with Gasteiger partial charge >= 0.3 is 0 Å². The molecule has 0 atom stereocenters. The van der Waals surface area contributed by atoms with Crippen LogP contribution in [0.4, 0.5) is 0 Å². The Labute approximate surface area is 296 Å². The van der Waals surface area contributed by atoms with Crippen molar-refractivity contribution in [3.8, 4) is 22.5 Å². The monoisotopic (exact) mass is 664 g/mol. The Bertz CT molecular complexity index is 3370. The van der Waals surface area contributed by atoms with Crippen LogP contribution in [-0.2, 0) is 0 Å². The van der Waals surface area contributed by atoms with E-state index in [-0.39, 0.29) is 0 Å². The molecule has 0 unspecified atom stereocenters. The van der Waals surface area contributed by atoms with Crippen molar-refractivity contribution < 1.29 is 8.83 Å². The molecule has 12 rings (SSSR count). The van der Waals surface area contributed by atoms with Gasteiger partial charge in [-0.2, -0.15) is 0 Å². The lowest BCUT2D eigenvalue weighted by atomic mass is 10.0. The topological polar surface area (TPSA) is 36.1 Å². The molecule has 0 N–H and O–H groups in total. The first-order chi connectivity index (χ1) is 25.8. The molecule has 52 heavy (non-hydrogen) atoms. The van der Waals surface area contributed by atoms with Crippen molar-refractivity contribution in [2.45, 2.75) is 0 Å². The van der Waals surface area contributed by atoms with Crippen molar-refractivity contribution in [3.63, 3.8) is 0 Å². The van der Waals surface area contributed by atoms with Gasteiger partial charge in [-0.15, -0.1) is 0 Å². The Morgan fingerprint density at radius 3 is 1.23 bits per heavy atom. The first kappa shape index (κ1) is 27.7. The predicted molar refractivity (Wildman–Crippen MR) is 215 cm³/mol. The fourth-order valence-electron chi connectivity index (χ4n) is 8.57. The zero-order valence-electron chi connectivity index (χ0n) is 27.9. The molecule has 8 aromatic carbocycles. The van der Waals surface area contributed by atoms with Gasteiger partial charge in [0.2, 0.25) is 0 Å². The molecule has 0 bridgehead atoms. The summed E-state index contributed by atoms with van der Waals surface area (Å²) in [5.74, 6) is 0. The maximum Gasteiger partial charge on any atom is 0.135 e. The first-order valence-corrected chi connectivity index (χ1v) is 17.7. The fourth-order valence-corrected chi connectivity index (χ4v) is 8.57. The summed E-state index contributed by atoms with van der Waals surface area (Å²) < 4.78 is 17.3. The zero-order chi connectivity index (χ0) is 33.9. The number of rotatable bonds is 3. The average Bonchev–Trinajstić information content (AvgIpc) is 3.94. The Kier molecular flexibility index (Phi) is 5.47. The molecule has 0 fully saturated rings. The van der Waals surface area contributed by atoms with Crippen LogP contribution < -0.4 is 0 Å². The second-order valence-corrected chi connectivity index (χ2v) is 13.7. The summed E-state index contributed by atoms with van der Waals surface area (Å²) in [5, 5.41) is 9.42. The quantitative estimate of drug-likeness (QED) is 0.188. The van der Waals surface area contributed by atoms with Gasteiger partial charge in [-0.05, 0) is 96.1 Å². The molecule has 4 nitrogen and oxygen atoms in total. The highest BCUT2D eigenvalue weighted by Crippen LogP contribution is 2.40. The lowest BCUT2D eigenvalue weighted by Gasteiger charge is -2.09. The molecule has 0 spiro atoms. The predicted octanol–water partition coefficient (Wildman–Crippen LogP) is 13.3. The lowest BCUT2D eigenvalue weighted by Crippen LogP contribution is -1.94. The van der Waals surface area contributed by atoms with Crippen molar-refractivity contribution >= 4 is 87.5 Å². The molecule has 4 aromatic heterocycles. The third-order valence-corrected chi connectivity index (χ3v) is 10.9. The summed E-state index contributed by atoms with van der Waals surface area (Å²) in [7, 11) is 0. The Morgan fingerprint density at radius 2 is 0.654 bits per heavy atom. The van der Waals surface area contributed by atoms with Crippen molar-refractivity contribution in [1.29, 1.82) is 0 Å². The molecular weight excluding hydrogens is 637 g/mol. The van der Waals surface area contributed by atoms with Gasteiger partial charge in [0.1, 0.15) is 22.3 Å². The van der Waals surface area contributed by atoms with Crippen LogP contribution in [0.3, 0.4) is 0 Å². The summed E-state index contributed by atoms with van der Waals surface area (Å²) in [6, 6.07) is 60.7.